The topological polar surface area (TPSA) is 84.5 Å². The minimum absolute atomic E-state index is 0.0852. The molecule has 9 heteroatoms. The Labute approximate surface area is 167 Å². The molecule has 0 radical (unpaired) electrons. The molecule has 26 heavy (non-hydrogen) atoms. The lowest BCUT2D eigenvalue weighted by Crippen LogP contribution is -2.42. The summed E-state index contributed by atoms with van der Waals surface area (Å²) >= 11 is 6.24. The van der Waals surface area contributed by atoms with Gasteiger partial charge in [0.25, 0.3) is 5.91 Å². The van der Waals surface area contributed by atoms with E-state index in [2.05, 4.69) is 26.6 Å². The quantitative estimate of drug-likeness (QED) is 0.470. The zero-order chi connectivity index (χ0) is 18.8. The molecule has 0 bridgehead atoms. The van der Waals surface area contributed by atoms with Gasteiger partial charge in [-0.1, -0.05) is 22.0 Å². The monoisotopic (exact) mass is 456 g/mol. The van der Waals surface area contributed by atoms with Crippen molar-refractivity contribution < 1.29 is 19.1 Å². The number of imide groups is 1. The Kier molecular flexibility index (Phi) is 8.66. The molecule has 1 aromatic carbocycles. The van der Waals surface area contributed by atoms with Crippen LogP contribution in [0.25, 0.3) is 0 Å². The van der Waals surface area contributed by atoms with Crippen molar-refractivity contribution in [1.29, 1.82) is 0 Å². The molecule has 0 fully saturated rings. The third-order valence-corrected chi connectivity index (χ3v) is 5.47. The maximum Gasteiger partial charge on any atom is 0.321 e. The van der Waals surface area contributed by atoms with Gasteiger partial charge in [-0.2, -0.15) is 0 Å². The summed E-state index contributed by atoms with van der Waals surface area (Å²) in [7, 11) is 0. The SMILES string of the molecule is O=C(COC(=O)CSc1ccc(Br)cc1)NC(=O)NCCc1cccs1. The van der Waals surface area contributed by atoms with Crippen LogP contribution in [0.5, 0.6) is 0 Å². The molecule has 0 atom stereocenters. The van der Waals surface area contributed by atoms with Crippen LogP contribution < -0.4 is 10.6 Å². The second-order valence-electron chi connectivity index (χ2n) is 5.04. The van der Waals surface area contributed by atoms with Crippen molar-refractivity contribution in [1.82, 2.24) is 10.6 Å². The summed E-state index contributed by atoms with van der Waals surface area (Å²) in [5.41, 5.74) is 0. The first-order chi connectivity index (χ1) is 12.5. The van der Waals surface area contributed by atoms with Crippen LogP contribution in [-0.4, -0.2) is 36.8 Å². The van der Waals surface area contributed by atoms with E-state index in [1.54, 1.807) is 11.3 Å². The summed E-state index contributed by atoms with van der Waals surface area (Å²) in [5, 5.41) is 6.66. The molecule has 0 saturated carbocycles. The second kappa shape index (κ2) is 11.0. The number of ether oxygens (including phenoxy) is 1. The summed E-state index contributed by atoms with van der Waals surface area (Å²) < 4.78 is 5.81. The molecule has 0 saturated heterocycles. The molecule has 138 valence electrons. The number of thioether (sulfide) groups is 1. The van der Waals surface area contributed by atoms with E-state index >= 15 is 0 Å². The van der Waals surface area contributed by atoms with Crippen LogP contribution in [-0.2, 0) is 20.7 Å². The number of hydrogen-bond donors (Lipinski definition) is 2. The Hall–Kier alpha value is -1.84. The zero-order valence-electron chi connectivity index (χ0n) is 13.7. The largest absolute Gasteiger partial charge is 0.455 e. The van der Waals surface area contributed by atoms with Crippen molar-refractivity contribution in [3.05, 3.63) is 51.1 Å². The summed E-state index contributed by atoms with van der Waals surface area (Å²) in [4.78, 5) is 36.9. The van der Waals surface area contributed by atoms with Gasteiger partial charge < -0.3 is 10.1 Å². The fourth-order valence-electron chi connectivity index (χ4n) is 1.82. The van der Waals surface area contributed by atoms with Gasteiger partial charge in [-0.25, -0.2) is 4.79 Å². The van der Waals surface area contributed by atoms with Crippen LogP contribution in [0, 0.1) is 0 Å². The van der Waals surface area contributed by atoms with Gasteiger partial charge in [-0.3, -0.25) is 14.9 Å². The number of amides is 3. The molecule has 0 unspecified atom stereocenters. The molecule has 3 amide bonds. The Morgan fingerprint density at radius 3 is 2.62 bits per heavy atom. The summed E-state index contributed by atoms with van der Waals surface area (Å²) in [6.07, 6.45) is 0.696. The van der Waals surface area contributed by atoms with Crippen molar-refractivity contribution in [2.45, 2.75) is 11.3 Å². The molecule has 1 heterocycles. The van der Waals surface area contributed by atoms with Crippen LogP contribution >= 0.6 is 39.0 Å². The first kappa shape index (κ1) is 20.5. The Morgan fingerprint density at radius 2 is 1.92 bits per heavy atom. The predicted molar refractivity (Wildman–Crippen MR) is 105 cm³/mol. The van der Waals surface area contributed by atoms with Gasteiger partial charge in [-0.05, 0) is 42.1 Å². The Morgan fingerprint density at radius 1 is 1.15 bits per heavy atom. The summed E-state index contributed by atoms with van der Waals surface area (Å²) in [5.74, 6) is -1.10. The number of nitrogens with one attached hydrogen (secondary N) is 2. The van der Waals surface area contributed by atoms with Crippen LogP contribution in [0.2, 0.25) is 0 Å². The molecule has 6 nitrogen and oxygen atoms in total. The fourth-order valence-corrected chi connectivity index (χ4v) is 3.49. The standard InChI is InChI=1S/C17H17BrN2O4S2/c18-12-3-5-14(6-4-12)26-11-16(22)24-10-15(21)20-17(23)19-8-7-13-2-1-9-25-13/h1-6,9H,7-8,10-11H2,(H2,19,20,21,23). The van der Waals surface area contributed by atoms with Crippen LogP contribution in [0.15, 0.2) is 51.1 Å². The highest BCUT2D eigenvalue weighted by atomic mass is 79.9. The molecule has 0 aliphatic rings. The number of hydrogen-bond acceptors (Lipinski definition) is 6. The lowest BCUT2D eigenvalue weighted by molar-refractivity contribution is -0.145. The van der Waals surface area contributed by atoms with E-state index in [1.807, 2.05) is 41.8 Å². The molecule has 0 aliphatic heterocycles. The van der Waals surface area contributed by atoms with E-state index in [9.17, 15) is 14.4 Å². The van der Waals surface area contributed by atoms with E-state index in [0.717, 1.165) is 14.2 Å². The average molecular weight is 457 g/mol. The molecular weight excluding hydrogens is 440 g/mol. The minimum atomic E-state index is -0.666. The number of carbonyl (C=O) groups excluding carboxylic acids is 3. The van der Waals surface area contributed by atoms with Gasteiger partial charge in [0.15, 0.2) is 6.61 Å². The third-order valence-electron chi connectivity index (χ3n) is 3.02. The average Bonchev–Trinajstić information content (AvgIpc) is 3.13. The highest BCUT2D eigenvalue weighted by Crippen LogP contribution is 2.20. The predicted octanol–water partition coefficient (Wildman–Crippen LogP) is 3.21. The van der Waals surface area contributed by atoms with E-state index < -0.39 is 24.5 Å². The summed E-state index contributed by atoms with van der Waals surface area (Å²) in [6, 6.07) is 10.8. The molecular formula is C17H17BrN2O4S2. The first-order valence-corrected chi connectivity index (χ1v) is 10.3. The highest BCUT2D eigenvalue weighted by Gasteiger charge is 2.11. The van der Waals surface area contributed by atoms with Gasteiger partial charge in [0.05, 0.1) is 5.75 Å². The Bertz CT molecular complexity index is 736. The minimum Gasteiger partial charge on any atom is -0.455 e. The van der Waals surface area contributed by atoms with Crippen LogP contribution in [0.3, 0.4) is 0 Å². The highest BCUT2D eigenvalue weighted by molar-refractivity contribution is 9.10. The van der Waals surface area contributed by atoms with Crippen molar-refractivity contribution in [3.63, 3.8) is 0 Å². The van der Waals surface area contributed by atoms with Gasteiger partial charge in [0, 0.05) is 20.8 Å². The molecule has 1 aromatic heterocycles. The number of carbonyl (C=O) groups is 3. The van der Waals surface area contributed by atoms with Gasteiger partial charge >= 0.3 is 12.0 Å². The van der Waals surface area contributed by atoms with Gasteiger partial charge in [-0.15, -0.1) is 23.1 Å². The van der Waals surface area contributed by atoms with Crippen molar-refractivity contribution in [2.24, 2.45) is 0 Å². The van der Waals surface area contributed by atoms with Crippen molar-refractivity contribution >= 4 is 56.9 Å². The second-order valence-corrected chi connectivity index (χ2v) is 8.03. The molecule has 0 aliphatic carbocycles. The number of urea groups is 1. The van der Waals surface area contributed by atoms with Gasteiger partial charge in [0.1, 0.15) is 0 Å². The Balaban J connectivity index is 1.57. The number of rotatable bonds is 8. The smallest absolute Gasteiger partial charge is 0.321 e. The molecule has 2 rings (SSSR count). The fraction of sp³-hybridized carbons (Fsp3) is 0.235. The van der Waals surface area contributed by atoms with Crippen molar-refractivity contribution in [3.8, 4) is 0 Å². The number of halogens is 1. The number of thiophene rings is 1. The first-order valence-electron chi connectivity index (χ1n) is 7.67. The molecule has 0 spiro atoms. The maximum atomic E-state index is 11.6. The maximum absolute atomic E-state index is 11.6. The molecule has 2 N–H and O–H groups in total. The zero-order valence-corrected chi connectivity index (χ0v) is 16.9. The van der Waals surface area contributed by atoms with E-state index in [4.69, 9.17) is 4.74 Å². The van der Waals surface area contributed by atoms with Crippen LogP contribution in [0.4, 0.5) is 4.79 Å². The number of esters is 1. The van der Waals surface area contributed by atoms with Crippen molar-refractivity contribution in [2.75, 3.05) is 18.9 Å². The summed E-state index contributed by atoms with van der Waals surface area (Å²) in [6.45, 7) is -0.0681. The lowest BCUT2D eigenvalue weighted by Gasteiger charge is -2.07. The lowest BCUT2D eigenvalue weighted by atomic mass is 10.3. The van der Waals surface area contributed by atoms with Gasteiger partial charge in [0.2, 0.25) is 0 Å². The van der Waals surface area contributed by atoms with Crippen LogP contribution in [0.1, 0.15) is 4.88 Å². The van der Waals surface area contributed by atoms with E-state index in [0.29, 0.717) is 13.0 Å². The molecule has 2 aromatic rings. The number of benzene rings is 1. The van der Waals surface area contributed by atoms with E-state index in [-0.39, 0.29) is 5.75 Å². The van der Waals surface area contributed by atoms with E-state index in [1.165, 1.54) is 11.8 Å². The normalized spacial score (nSPS) is 10.2. The third kappa shape index (κ3) is 8.03.